The van der Waals surface area contributed by atoms with Crippen LogP contribution in [0.4, 0.5) is 0 Å². The summed E-state index contributed by atoms with van der Waals surface area (Å²) in [5.74, 6) is 1.14. The molecule has 2 rings (SSSR count). The molecule has 0 aliphatic carbocycles. The Hall–Kier alpha value is -0.720. The Balaban J connectivity index is 2.29. The summed E-state index contributed by atoms with van der Waals surface area (Å²) in [5, 5.41) is 9.80. The summed E-state index contributed by atoms with van der Waals surface area (Å²) in [6.07, 6.45) is 0.621. The SMILES string of the molecule is NCCc1nnc(-c2sccc2Br)o1. The third-order valence-electron chi connectivity index (χ3n) is 1.64. The number of nitrogens with two attached hydrogens (primary N) is 1. The van der Waals surface area contributed by atoms with E-state index in [-0.39, 0.29) is 0 Å². The Kier molecular flexibility index (Phi) is 2.95. The average Bonchev–Trinajstić information content (AvgIpc) is 2.74. The van der Waals surface area contributed by atoms with Crippen molar-refractivity contribution in [2.75, 3.05) is 6.54 Å². The normalized spacial score (nSPS) is 10.7. The van der Waals surface area contributed by atoms with Crippen LogP contribution in [0, 0.1) is 0 Å². The van der Waals surface area contributed by atoms with Gasteiger partial charge in [0.1, 0.15) is 4.88 Å². The highest BCUT2D eigenvalue weighted by Gasteiger charge is 2.12. The van der Waals surface area contributed by atoms with Gasteiger partial charge in [0.15, 0.2) is 0 Å². The van der Waals surface area contributed by atoms with Gasteiger partial charge in [-0.1, -0.05) is 0 Å². The molecule has 0 spiro atoms. The van der Waals surface area contributed by atoms with Crippen LogP contribution in [0.25, 0.3) is 10.8 Å². The fourth-order valence-electron chi connectivity index (χ4n) is 1.02. The van der Waals surface area contributed by atoms with Crippen molar-refractivity contribution >= 4 is 27.3 Å². The minimum atomic E-state index is 0.521. The maximum Gasteiger partial charge on any atom is 0.258 e. The van der Waals surface area contributed by atoms with Gasteiger partial charge in [0.2, 0.25) is 5.89 Å². The summed E-state index contributed by atoms with van der Waals surface area (Å²) in [7, 11) is 0. The van der Waals surface area contributed by atoms with Crippen molar-refractivity contribution in [1.82, 2.24) is 10.2 Å². The van der Waals surface area contributed by atoms with Gasteiger partial charge in [0, 0.05) is 17.4 Å². The van der Waals surface area contributed by atoms with Gasteiger partial charge in [-0.05, 0) is 27.4 Å². The maximum atomic E-state index is 5.43. The Morgan fingerprint density at radius 1 is 1.50 bits per heavy atom. The van der Waals surface area contributed by atoms with Gasteiger partial charge in [0.05, 0.1) is 0 Å². The largest absolute Gasteiger partial charge is 0.420 e. The van der Waals surface area contributed by atoms with Crippen LogP contribution in [0.2, 0.25) is 0 Å². The minimum Gasteiger partial charge on any atom is -0.420 e. The fraction of sp³-hybridized carbons (Fsp3) is 0.250. The molecule has 0 unspecified atom stereocenters. The van der Waals surface area contributed by atoms with Gasteiger partial charge < -0.3 is 10.2 Å². The van der Waals surface area contributed by atoms with E-state index in [1.54, 1.807) is 11.3 Å². The number of hydrogen-bond acceptors (Lipinski definition) is 5. The molecule has 0 aliphatic heterocycles. The molecule has 2 N–H and O–H groups in total. The van der Waals surface area contributed by atoms with E-state index in [9.17, 15) is 0 Å². The van der Waals surface area contributed by atoms with Crippen molar-refractivity contribution in [2.24, 2.45) is 5.73 Å². The number of hydrogen-bond donors (Lipinski definition) is 1. The summed E-state index contributed by atoms with van der Waals surface area (Å²) < 4.78 is 6.40. The molecule has 6 heteroatoms. The second kappa shape index (κ2) is 4.20. The molecule has 0 saturated heterocycles. The molecule has 0 saturated carbocycles. The number of aromatic nitrogens is 2. The highest BCUT2D eigenvalue weighted by atomic mass is 79.9. The van der Waals surface area contributed by atoms with E-state index in [1.807, 2.05) is 11.4 Å². The molecule has 0 amide bonds. The van der Waals surface area contributed by atoms with Crippen LogP contribution >= 0.6 is 27.3 Å². The Morgan fingerprint density at radius 3 is 3.00 bits per heavy atom. The minimum absolute atomic E-state index is 0.521. The number of thiophene rings is 1. The second-order valence-electron chi connectivity index (χ2n) is 2.64. The van der Waals surface area contributed by atoms with Gasteiger partial charge in [-0.2, -0.15) is 0 Å². The van der Waals surface area contributed by atoms with E-state index in [4.69, 9.17) is 10.2 Å². The van der Waals surface area contributed by atoms with E-state index in [1.165, 1.54) is 0 Å². The van der Waals surface area contributed by atoms with Crippen molar-refractivity contribution in [3.05, 3.63) is 21.8 Å². The molecule has 0 radical (unpaired) electrons. The topological polar surface area (TPSA) is 64.9 Å². The lowest BCUT2D eigenvalue weighted by Crippen LogP contribution is -2.02. The first-order chi connectivity index (χ1) is 6.81. The predicted molar refractivity (Wildman–Crippen MR) is 58.1 cm³/mol. The zero-order valence-electron chi connectivity index (χ0n) is 7.24. The average molecular weight is 274 g/mol. The van der Waals surface area contributed by atoms with Crippen LogP contribution in [0.15, 0.2) is 20.3 Å². The molecule has 2 aromatic rings. The maximum absolute atomic E-state index is 5.43. The van der Waals surface area contributed by atoms with E-state index in [2.05, 4.69) is 26.1 Å². The number of halogens is 1. The summed E-state index contributed by atoms with van der Waals surface area (Å²) in [6.45, 7) is 0.521. The lowest BCUT2D eigenvalue weighted by molar-refractivity contribution is 0.508. The van der Waals surface area contributed by atoms with Gasteiger partial charge in [-0.15, -0.1) is 21.5 Å². The standard InChI is InChI=1S/C8H8BrN3OS/c9-5-2-4-14-7(5)8-12-11-6(13-8)1-3-10/h2,4H,1,3,10H2. The molecule has 0 aliphatic rings. The van der Waals surface area contributed by atoms with Gasteiger partial charge in [-0.25, -0.2) is 0 Å². The Morgan fingerprint density at radius 2 is 2.36 bits per heavy atom. The van der Waals surface area contributed by atoms with Crippen molar-refractivity contribution in [3.63, 3.8) is 0 Å². The van der Waals surface area contributed by atoms with Crippen LogP contribution in [-0.2, 0) is 6.42 Å². The van der Waals surface area contributed by atoms with E-state index >= 15 is 0 Å². The molecule has 2 heterocycles. The summed E-state index contributed by atoms with van der Waals surface area (Å²) in [6, 6.07) is 1.95. The summed E-state index contributed by atoms with van der Waals surface area (Å²) in [5.41, 5.74) is 5.38. The van der Waals surface area contributed by atoms with Gasteiger partial charge >= 0.3 is 0 Å². The zero-order chi connectivity index (χ0) is 9.97. The van der Waals surface area contributed by atoms with Crippen LogP contribution in [0.3, 0.4) is 0 Å². The lowest BCUT2D eigenvalue weighted by Gasteiger charge is -1.89. The second-order valence-corrected chi connectivity index (χ2v) is 4.41. The first-order valence-corrected chi connectivity index (χ1v) is 5.74. The monoisotopic (exact) mass is 273 g/mol. The highest BCUT2D eigenvalue weighted by Crippen LogP contribution is 2.32. The Bertz CT molecular complexity index is 426. The molecule has 0 bridgehead atoms. The molecule has 14 heavy (non-hydrogen) atoms. The summed E-state index contributed by atoms with van der Waals surface area (Å²) >= 11 is 4.97. The molecule has 74 valence electrons. The van der Waals surface area contributed by atoms with Crippen LogP contribution in [0.5, 0.6) is 0 Å². The van der Waals surface area contributed by atoms with Crippen LogP contribution < -0.4 is 5.73 Å². The quantitative estimate of drug-likeness (QED) is 0.930. The van der Waals surface area contributed by atoms with E-state index in [0.717, 1.165) is 9.35 Å². The zero-order valence-corrected chi connectivity index (χ0v) is 9.64. The number of rotatable bonds is 3. The first kappa shape index (κ1) is 9.82. The number of nitrogens with zero attached hydrogens (tertiary/aromatic N) is 2. The smallest absolute Gasteiger partial charge is 0.258 e. The third kappa shape index (κ3) is 1.87. The van der Waals surface area contributed by atoms with Crippen LogP contribution in [0.1, 0.15) is 5.89 Å². The lowest BCUT2D eigenvalue weighted by atomic mass is 10.4. The van der Waals surface area contributed by atoms with Gasteiger partial charge in [-0.3, -0.25) is 0 Å². The Labute approximate surface area is 93.3 Å². The molecular weight excluding hydrogens is 266 g/mol. The fourth-order valence-corrected chi connectivity index (χ4v) is 2.48. The first-order valence-electron chi connectivity index (χ1n) is 4.07. The third-order valence-corrected chi connectivity index (χ3v) is 3.46. The predicted octanol–water partition coefficient (Wildman–Crippen LogP) is 2.06. The van der Waals surface area contributed by atoms with Crippen molar-refractivity contribution < 1.29 is 4.42 Å². The van der Waals surface area contributed by atoms with E-state index in [0.29, 0.717) is 24.7 Å². The summed E-state index contributed by atoms with van der Waals surface area (Å²) in [4.78, 5) is 0.959. The highest BCUT2D eigenvalue weighted by molar-refractivity contribution is 9.10. The van der Waals surface area contributed by atoms with Crippen LogP contribution in [-0.4, -0.2) is 16.7 Å². The van der Waals surface area contributed by atoms with E-state index < -0.39 is 0 Å². The molecule has 2 aromatic heterocycles. The van der Waals surface area contributed by atoms with Crippen molar-refractivity contribution in [3.8, 4) is 10.8 Å². The van der Waals surface area contributed by atoms with Gasteiger partial charge in [0.25, 0.3) is 5.89 Å². The molecule has 0 atom stereocenters. The molecule has 4 nitrogen and oxygen atoms in total. The van der Waals surface area contributed by atoms with Crippen molar-refractivity contribution in [2.45, 2.75) is 6.42 Å². The molecule has 0 fully saturated rings. The van der Waals surface area contributed by atoms with Crippen molar-refractivity contribution in [1.29, 1.82) is 0 Å². The molecule has 0 aromatic carbocycles. The molecular formula is C8H8BrN3OS.